The van der Waals surface area contributed by atoms with Gasteiger partial charge >= 0.3 is 12.3 Å². The maximum atomic E-state index is 12.3. The number of hydrogen-bond donors (Lipinski definition) is 0. The number of aromatic nitrogens is 1. The summed E-state index contributed by atoms with van der Waals surface area (Å²) in [7, 11) is 1.03. The maximum absolute atomic E-state index is 12.3. The molecule has 0 spiro atoms. The van der Waals surface area contributed by atoms with Crippen LogP contribution in [0.4, 0.5) is 13.2 Å². The highest BCUT2D eigenvalue weighted by Gasteiger charge is 2.35. The molecule has 0 N–H and O–H groups in total. The molecule has 1 aromatic heterocycles. The lowest BCUT2D eigenvalue weighted by Gasteiger charge is -2.14. The number of methoxy groups -OCH3 is 1. The van der Waals surface area contributed by atoms with Crippen molar-refractivity contribution in [3.8, 4) is 5.75 Å². The van der Waals surface area contributed by atoms with Crippen molar-refractivity contribution in [2.75, 3.05) is 7.11 Å². The Hall–Kier alpha value is -0.770. The van der Waals surface area contributed by atoms with E-state index in [1.54, 1.807) is 22.6 Å². The van der Waals surface area contributed by atoms with Gasteiger partial charge in [-0.15, -0.1) is 24.8 Å². The molecule has 0 aliphatic rings. The number of carbonyl (C=O) groups excluding carboxylic acids is 1. The summed E-state index contributed by atoms with van der Waals surface area (Å²) in [4.78, 5) is 14.9. The van der Waals surface area contributed by atoms with Crippen LogP contribution in [-0.2, 0) is 10.6 Å². The van der Waals surface area contributed by atoms with Gasteiger partial charge in [0, 0.05) is 11.8 Å². The van der Waals surface area contributed by atoms with Crippen LogP contribution in [0.15, 0.2) is 6.20 Å². The van der Waals surface area contributed by atoms with Gasteiger partial charge in [0.25, 0.3) is 0 Å². The number of halogens is 5. The fourth-order valence-corrected chi connectivity index (χ4v) is 2.18. The van der Waals surface area contributed by atoms with Crippen LogP contribution in [0.1, 0.15) is 16.1 Å². The Bertz CT molecular complexity index is 467. The average Bonchev–Trinajstić information content (AvgIpc) is 2.29. The first-order valence-corrected chi connectivity index (χ1v) is 5.99. The summed E-state index contributed by atoms with van der Waals surface area (Å²) in [6.07, 6.45) is -3.74. The van der Waals surface area contributed by atoms with Crippen LogP contribution in [0.3, 0.4) is 0 Å². The van der Waals surface area contributed by atoms with Crippen molar-refractivity contribution in [2.45, 2.75) is 12.2 Å². The maximum Gasteiger partial charge on any atom is 0.573 e. The molecule has 0 amide bonds. The molecule has 0 saturated heterocycles. The first-order chi connectivity index (χ1) is 8.30. The van der Waals surface area contributed by atoms with Crippen LogP contribution < -0.4 is 4.74 Å². The predicted molar refractivity (Wildman–Crippen MR) is 64.5 cm³/mol. The van der Waals surface area contributed by atoms with Crippen LogP contribution in [0.5, 0.6) is 5.75 Å². The number of ether oxygens (including phenoxy) is 2. The second kappa shape index (κ2) is 5.91. The van der Waals surface area contributed by atoms with Crippen molar-refractivity contribution in [3.05, 3.63) is 21.0 Å². The van der Waals surface area contributed by atoms with Gasteiger partial charge in [-0.2, -0.15) is 0 Å². The van der Waals surface area contributed by atoms with Gasteiger partial charge in [-0.1, -0.05) is 0 Å². The summed E-state index contributed by atoms with van der Waals surface area (Å²) >= 11 is 7.14. The Morgan fingerprint density at radius 3 is 2.61 bits per heavy atom. The molecule has 100 valence electrons. The minimum atomic E-state index is -4.94. The molecule has 0 radical (unpaired) electrons. The zero-order valence-electron chi connectivity index (χ0n) is 8.85. The van der Waals surface area contributed by atoms with Crippen LogP contribution in [0.25, 0.3) is 0 Å². The molecule has 1 rings (SSSR count). The third-order valence-electron chi connectivity index (χ3n) is 1.79. The molecule has 0 unspecified atom stereocenters. The van der Waals surface area contributed by atoms with Crippen molar-refractivity contribution in [1.82, 2.24) is 4.98 Å². The van der Waals surface area contributed by atoms with Crippen LogP contribution in [0.2, 0.25) is 0 Å². The first kappa shape index (κ1) is 15.3. The third-order valence-corrected chi connectivity index (χ3v) is 3.26. The highest BCUT2D eigenvalue weighted by molar-refractivity contribution is 14.1. The molecule has 0 atom stereocenters. The van der Waals surface area contributed by atoms with Crippen LogP contribution in [-0.4, -0.2) is 24.4 Å². The van der Waals surface area contributed by atoms with E-state index in [0.717, 1.165) is 7.11 Å². The molecule has 0 aliphatic carbocycles. The third kappa shape index (κ3) is 3.61. The Labute approximate surface area is 119 Å². The molecule has 0 aromatic carbocycles. The Morgan fingerprint density at radius 1 is 1.56 bits per heavy atom. The van der Waals surface area contributed by atoms with E-state index < -0.39 is 23.8 Å². The molecule has 0 saturated carbocycles. The lowest BCUT2D eigenvalue weighted by atomic mass is 10.2. The van der Waals surface area contributed by atoms with Gasteiger partial charge in [0.05, 0.1) is 16.6 Å². The lowest BCUT2D eigenvalue weighted by Crippen LogP contribution is -2.21. The molecule has 4 nitrogen and oxygen atoms in total. The molecule has 1 heterocycles. The molecular formula is C9H6ClF3INO3. The largest absolute Gasteiger partial charge is 0.573 e. The average molecular weight is 396 g/mol. The van der Waals surface area contributed by atoms with E-state index in [0.29, 0.717) is 5.56 Å². The topological polar surface area (TPSA) is 48.4 Å². The van der Waals surface area contributed by atoms with E-state index in [-0.39, 0.29) is 9.45 Å². The molecule has 9 heteroatoms. The van der Waals surface area contributed by atoms with Gasteiger partial charge in [-0.3, -0.25) is 0 Å². The number of nitrogens with zero attached hydrogens (tertiary/aromatic N) is 1. The summed E-state index contributed by atoms with van der Waals surface area (Å²) < 4.78 is 45.0. The van der Waals surface area contributed by atoms with Gasteiger partial charge in [0.15, 0.2) is 11.4 Å². The molecular weight excluding hydrogens is 389 g/mol. The Morgan fingerprint density at radius 2 is 2.17 bits per heavy atom. The van der Waals surface area contributed by atoms with E-state index in [2.05, 4.69) is 14.5 Å². The zero-order valence-corrected chi connectivity index (χ0v) is 11.8. The number of hydrogen-bond acceptors (Lipinski definition) is 4. The number of esters is 1. The molecule has 1 aromatic rings. The van der Waals surface area contributed by atoms with Crippen molar-refractivity contribution in [3.63, 3.8) is 0 Å². The fourth-order valence-electron chi connectivity index (χ4n) is 1.05. The molecule has 0 fully saturated rings. The Balaban J connectivity index is 3.35. The summed E-state index contributed by atoms with van der Waals surface area (Å²) in [5, 5.41) is 0. The summed E-state index contributed by atoms with van der Waals surface area (Å²) in [5.41, 5.74) is -0.225. The lowest BCUT2D eigenvalue weighted by molar-refractivity contribution is -0.275. The number of pyridine rings is 1. The number of rotatable bonds is 3. The standard InChI is InChI=1S/C9H6ClF3INO3/c1-17-8(16)6-7(18-9(11,12)13)5(14)4(2-10)3-15-6/h3H,2H2,1H3. The van der Waals surface area contributed by atoms with E-state index in [1.165, 1.54) is 6.20 Å². The monoisotopic (exact) mass is 395 g/mol. The van der Waals surface area contributed by atoms with E-state index >= 15 is 0 Å². The highest BCUT2D eigenvalue weighted by Crippen LogP contribution is 2.33. The van der Waals surface area contributed by atoms with Crippen LogP contribution >= 0.6 is 34.2 Å². The van der Waals surface area contributed by atoms with E-state index in [1.807, 2.05) is 0 Å². The predicted octanol–water partition coefficient (Wildman–Crippen LogP) is 3.11. The summed E-state index contributed by atoms with van der Waals surface area (Å²) in [5.74, 6) is -1.78. The quantitative estimate of drug-likeness (QED) is 0.448. The normalized spacial score (nSPS) is 11.2. The van der Waals surface area contributed by atoms with E-state index in [9.17, 15) is 18.0 Å². The van der Waals surface area contributed by atoms with E-state index in [4.69, 9.17) is 11.6 Å². The van der Waals surface area contributed by atoms with Crippen molar-refractivity contribution < 1.29 is 27.4 Å². The smallest absolute Gasteiger partial charge is 0.464 e. The first-order valence-electron chi connectivity index (χ1n) is 4.37. The summed E-state index contributed by atoms with van der Waals surface area (Å²) in [6, 6.07) is 0. The van der Waals surface area contributed by atoms with Gasteiger partial charge in [0.2, 0.25) is 0 Å². The second-order valence-electron chi connectivity index (χ2n) is 2.95. The van der Waals surface area contributed by atoms with Crippen molar-refractivity contribution in [1.29, 1.82) is 0 Å². The highest BCUT2D eigenvalue weighted by atomic mass is 127. The van der Waals surface area contributed by atoms with Gasteiger partial charge < -0.3 is 9.47 Å². The minimum Gasteiger partial charge on any atom is -0.464 e. The number of alkyl halides is 4. The minimum absolute atomic E-state index is 0.0546. The molecule has 0 aliphatic heterocycles. The second-order valence-corrected chi connectivity index (χ2v) is 4.29. The fraction of sp³-hybridized carbons (Fsp3) is 0.333. The molecule has 18 heavy (non-hydrogen) atoms. The number of carbonyl (C=O) groups is 1. The summed E-state index contributed by atoms with van der Waals surface area (Å²) in [6.45, 7) is 0. The van der Waals surface area contributed by atoms with Gasteiger partial charge in [-0.25, -0.2) is 9.78 Å². The van der Waals surface area contributed by atoms with Gasteiger partial charge in [-0.05, 0) is 22.6 Å². The van der Waals surface area contributed by atoms with Crippen molar-refractivity contribution >= 4 is 40.2 Å². The molecule has 0 bridgehead atoms. The SMILES string of the molecule is COC(=O)c1ncc(CCl)c(I)c1OC(F)(F)F. The van der Waals surface area contributed by atoms with Crippen LogP contribution in [0, 0.1) is 3.57 Å². The van der Waals surface area contributed by atoms with Gasteiger partial charge in [0.1, 0.15) is 0 Å². The zero-order chi connectivity index (χ0) is 13.9. The van der Waals surface area contributed by atoms with Crippen molar-refractivity contribution in [2.24, 2.45) is 0 Å². The Kier molecular flexibility index (Phi) is 5.02.